The lowest BCUT2D eigenvalue weighted by molar-refractivity contribution is 0.209. The molecule has 0 aromatic carbocycles. The van der Waals surface area contributed by atoms with Gasteiger partial charge >= 0.3 is 0 Å². The van der Waals surface area contributed by atoms with Gasteiger partial charge in [0, 0.05) is 19.1 Å². The van der Waals surface area contributed by atoms with E-state index in [2.05, 4.69) is 32.5 Å². The van der Waals surface area contributed by atoms with Crippen molar-refractivity contribution in [1.29, 1.82) is 0 Å². The van der Waals surface area contributed by atoms with E-state index in [1.54, 1.807) is 0 Å². The zero-order valence-corrected chi connectivity index (χ0v) is 14.3. The number of nitrogens with zero attached hydrogens (tertiary/aromatic N) is 3. The Morgan fingerprint density at radius 3 is 1.77 bits per heavy atom. The number of hydrogen-bond donors (Lipinski definition) is 1. The third kappa shape index (κ3) is 9.46. The third-order valence-electron chi connectivity index (χ3n) is 3.64. The molecule has 0 aliphatic heterocycles. The predicted octanol–water partition coefficient (Wildman–Crippen LogP) is 0.0150. The van der Waals surface area contributed by atoms with Crippen LogP contribution in [0, 0.1) is 42.9 Å². The van der Waals surface area contributed by atoms with Crippen LogP contribution in [0.1, 0.15) is 6.42 Å². The molecule has 0 aromatic rings. The summed E-state index contributed by atoms with van der Waals surface area (Å²) in [5.41, 5.74) is 6.41. The summed E-state index contributed by atoms with van der Waals surface area (Å²) >= 11 is 0. The Morgan fingerprint density at radius 1 is 0.818 bits per heavy atom. The standard InChI is InChI=1S/C18H30N4/c1-7-11-20(4)14-10-17(15-21(5)12-8-2)18(19)16-22(6)13-9-3/h1-3,17-18H,10-16,19H2,4-6H3. The molecule has 2 unspecified atom stereocenters. The Hall–Kier alpha value is -1.48. The van der Waals surface area contributed by atoms with E-state index in [-0.39, 0.29) is 6.04 Å². The quantitative estimate of drug-likeness (QED) is 0.546. The lowest BCUT2D eigenvalue weighted by Crippen LogP contribution is -2.46. The summed E-state index contributed by atoms with van der Waals surface area (Å²) in [6, 6.07) is 0.0535. The van der Waals surface area contributed by atoms with Gasteiger partial charge in [-0.1, -0.05) is 17.8 Å². The van der Waals surface area contributed by atoms with Gasteiger partial charge in [-0.05, 0) is 40.0 Å². The third-order valence-corrected chi connectivity index (χ3v) is 3.64. The van der Waals surface area contributed by atoms with Gasteiger partial charge in [-0.2, -0.15) is 0 Å². The van der Waals surface area contributed by atoms with Gasteiger partial charge < -0.3 is 5.73 Å². The Labute approximate surface area is 137 Å². The minimum absolute atomic E-state index is 0.0535. The second kappa shape index (κ2) is 12.1. The molecule has 4 nitrogen and oxygen atoms in total. The summed E-state index contributed by atoms with van der Waals surface area (Å²) in [4.78, 5) is 6.34. The van der Waals surface area contributed by atoms with Crippen molar-refractivity contribution in [2.75, 3.05) is 60.4 Å². The van der Waals surface area contributed by atoms with E-state index in [4.69, 9.17) is 25.0 Å². The first-order chi connectivity index (χ1) is 10.4. The van der Waals surface area contributed by atoms with Crippen LogP contribution in [-0.4, -0.2) is 81.2 Å². The van der Waals surface area contributed by atoms with Crippen LogP contribution in [0.4, 0.5) is 0 Å². The van der Waals surface area contributed by atoms with Crippen LogP contribution < -0.4 is 5.73 Å². The van der Waals surface area contributed by atoms with Crippen molar-refractivity contribution in [3.8, 4) is 37.0 Å². The fourth-order valence-corrected chi connectivity index (χ4v) is 2.41. The molecule has 0 bridgehead atoms. The number of terminal acetylenes is 3. The Kier molecular flexibility index (Phi) is 11.3. The van der Waals surface area contributed by atoms with E-state index >= 15 is 0 Å². The second-order valence-corrected chi connectivity index (χ2v) is 5.96. The maximum Gasteiger partial charge on any atom is 0.0596 e. The molecule has 2 N–H and O–H groups in total. The molecule has 0 heterocycles. The van der Waals surface area contributed by atoms with Crippen LogP contribution in [0.2, 0.25) is 0 Å². The van der Waals surface area contributed by atoms with E-state index in [9.17, 15) is 0 Å². The van der Waals surface area contributed by atoms with Crippen molar-refractivity contribution in [2.24, 2.45) is 11.7 Å². The lowest BCUT2D eigenvalue weighted by Gasteiger charge is -2.31. The van der Waals surface area contributed by atoms with Crippen molar-refractivity contribution in [3.63, 3.8) is 0 Å². The SMILES string of the molecule is C#CCN(C)CCC(CN(C)CC#C)C(N)CN(C)CC#C. The van der Waals surface area contributed by atoms with Gasteiger partial charge in [0.05, 0.1) is 19.6 Å². The van der Waals surface area contributed by atoms with Crippen LogP contribution in [0.5, 0.6) is 0 Å². The van der Waals surface area contributed by atoms with E-state index in [1.807, 2.05) is 21.1 Å². The molecule has 22 heavy (non-hydrogen) atoms. The molecule has 2 atom stereocenters. The first kappa shape index (κ1) is 20.5. The summed E-state index contributed by atoms with van der Waals surface area (Å²) in [6.45, 7) is 4.46. The monoisotopic (exact) mass is 302 g/mol. The maximum absolute atomic E-state index is 6.41. The molecule has 0 fully saturated rings. The van der Waals surface area contributed by atoms with Gasteiger partial charge in [0.2, 0.25) is 0 Å². The summed E-state index contributed by atoms with van der Waals surface area (Å²) in [7, 11) is 6.04. The van der Waals surface area contributed by atoms with Crippen LogP contribution in [-0.2, 0) is 0 Å². The van der Waals surface area contributed by atoms with E-state index in [1.165, 1.54) is 0 Å². The van der Waals surface area contributed by atoms with Crippen molar-refractivity contribution in [2.45, 2.75) is 12.5 Å². The summed E-state index contributed by atoms with van der Waals surface area (Å²) in [6.07, 6.45) is 17.1. The number of likely N-dealkylation sites (N-methyl/N-ethyl adjacent to an activating group) is 1. The minimum Gasteiger partial charge on any atom is -0.326 e. The highest BCUT2D eigenvalue weighted by Gasteiger charge is 2.21. The fraction of sp³-hybridized carbons (Fsp3) is 0.667. The van der Waals surface area contributed by atoms with Crippen LogP contribution in [0.15, 0.2) is 0 Å². The molecule has 0 amide bonds. The van der Waals surface area contributed by atoms with Gasteiger partial charge in [-0.25, -0.2) is 0 Å². The topological polar surface area (TPSA) is 35.7 Å². The van der Waals surface area contributed by atoms with Gasteiger partial charge in [-0.3, -0.25) is 14.7 Å². The second-order valence-electron chi connectivity index (χ2n) is 5.96. The lowest BCUT2D eigenvalue weighted by atomic mass is 9.95. The average molecular weight is 302 g/mol. The normalized spacial score (nSPS) is 13.6. The van der Waals surface area contributed by atoms with Gasteiger partial charge in [0.15, 0.2) is 0 Å². The van der Waals surface area contributed by atoms with Crippen LogP contribution in [0.25, 0.3) is 0 Å². The van der Waals surface area contributed by atoms with Crippen molar-refractivity contribution < 1.29 is 0 Å². The molecule has 0 aliphatic carbocycles. The molecular weight excluding hydrogens is 272 g/mol. The highest BCUT2D eigenvalue weighted by atomic mass is 15.1. The molecule has 0 rings (SSSR count). The van der Waals surface area contributed by atoms with Crippen LogP contribution in [0.3, 0.4) is 0 Å². The predicted molar refractivity (Wildman–Crippen MR) is 95.1 cm³/mol. The molecular formula is C18H30N4. The minimum atomic E-state index is 0.0535. The smallest absolute Gasteiger partial charge is 0.0596 e. The number of hydrogen-bond acceptors (Lipinski definition) is 4. The molecule has 0 spiro atoms. The molecule has 0 radical (unpaired) electrons. The zero-order chi connectivity index (χ0) is 17.0. The first-order valence-electron chi connectivity index (χ1n) is 7.56. The molecule has 0 saturated carbocycles. The molecule has 0 saturated heterocycles. The van der Waals surface area contributed by atoms with E-state index < -0.39 is 0 Å². The van der Waals surface area contributed by atoms with E-state index in [0.29, 0.717) is 25.6 Å². The van der Waals surface area contributed by atoms with Crippen molar-refractivity contribution in [1.82, 2.24) is 14.7 Å². The maximum atomic E-state index is 6.41. The molecule has 4 heteroatoms. The van der Waals surface area contributed by atoms with E-state index in [0.717, 1.165) is 26.1 Å². The number of rotatable bonds is 11. The first-order valence-corrected chi connectivity index (χ1v) is 7.56. The molecule has 122 valence electrons. The van der Waals surface area contributed by atoms with Crippen molar-refractivity contribution >= 4 is 0 Å². The Balaban J connectivity index is 4.60. The largest absolute Gasteiger partial charge is 0.326 e. The van der Waals surface area contributed by atoms with Gasteiger partial charge in [0.1, 0.15) is 0 Å². The molecule has 0 aliphatic rings. The van der Waals surface area contributed by atoms with Crippen molar-refractivity contribution in [3.05, 3.63) is 0 Å². The summed E-state index contributed by atoms with van der Waals surface area (Å²) < 4.78 is 0. The molecule has 0 aromatic heterocycles. The highest BCUT2D eigenvalue weighted by molar-refractivity contribution is 4.91. The van der Waals surface area contributed by atoms with Gasteiger partial charge in [0.25, 0.3) is 0 Å². The Morgan fingerprint density at radius 2 is 1.27 bits per heavy atom. The average Bonchev–Trinajstić information content (AvgIpc) is 2.44. The summed E-state index contributed by atoms with van der Waals surface area (Å²) in [5, 5.41) is 0. The Bertz CT molecular complexity index is 412. The summed E-state index contributed by atoms with van der Waals surface area (Å²) in [5.74, 6) is 8.32. The van der Waals surface area contributed by atoms with Crippen LogP contribution >= 0.6 is 0 Å². The fourth-order valence-electron chi connectivity index (χ4n) is 2.41. The van der Waals surface area contributed by atoms with Gasteiger partial charge in [-0.15, -0.1) is 19.3 Å². The number of nitrogens with two attached hydrogens (primary N) is 1. The highest BCUT2D eigenvalue weighted by Crippen LogP contribution is 2.11. The zero-order valence-electron chi connectivity index (χ0n) is 14.3.